The molecule has 1 aliphatic carbocycles. The molecule has 1 N–H and O–H groups in total. The maximum absolute atomic E-state index is 11.9. The van der Waals surface area contributed by atoms with Crippen LogP contribution in [0.3, 0.4) is 0 Å². The van der Waals surface area contributed by atoms with Gasteiger partial charge in [0.25, 0.3) is 0 Å². The minimum Gasteiger partial charge on any atom is -0.346 e. The second-order valence-corrected chi connectivity index (χ2v) is 9.77. The first-order chi connectivity index (χ1) is 14.9. The van der Waals surface area contributed by atoms with Crippen molar-refractivity contribution in [2.75, 3.05) is 27.2 Å². The average Bonchev–Trinajstić information content (AvgIpc) is 3.41. The molecule has 1 saturated carbocycles. The first-order valence-electron chi connectivity index (χ1n) is 11.6. The average molecular weight is 419 g/mol. The minimum absolute atomic E-state index is 0.0448. The fourth-order valence-corrected chi connectivity index (χ4v) is 6.10. The van der Waals surface area contributed by atoms with Gasteiger partial charge in [0.05, 0.1) is 5.69 Å². The fraction of sp³-hybridized carbons (Fsp3) is 0.500. The highest BCUT2D eigenvalue weighted by molar-refractivity contribution is 5.86. The molecule has 31 heavy (non-hydrogen) atoms. The molecule has 3 heterocycles. The van der Waals surface area contributed by atoms with Gasteiger partial charge in [-0.1, -0.05) is 19.1 Å². The van der Waals surface area contributed by atoms with Gasteiger partial charge in [0.15, 0.2) is 0 Å². The van der Waals surface area contributed by atoms with Gasteiger partial charge >= 0.3 is 0 Å². The summed E-state index contributed by atoms with van der Waals surface area (Å²) in [5.41, 5.74) is 5.78. The predicted octanol–water partition coefficient (Wildman–Crippen LogP) is 3.87. The molecule has 0 bridgehead atoms. The van der Waals surface area contributed by atoms with Crippen LogP contribution in [0.15, 0.2) is 41.2 Å². The number of nitrogens with zero attached hydrogens (tertiary/aromatic N) is 3. The smallest absolute Gasteiger partial charge is 0.248 e. The van der Waals surface area contributed by atoms with E-state index in [0.717, 1.165) is 42.1 Å². The molecule has 5 rings (SSSR count). The lowest BCUT2D eigenvalue weighted by molar-refractivity contribution is 0.214. The number of rotatable bonds is 5. The molecular weight excluding hydrogens is 384 g/mol. The maximum atomic E-state index is 11.9. The zero-order valence-electron chi connectivity index (χ0n) is 19.2. The van der Waals surface area contributed by atoms with Gasteiger partial charge in [-0.2, -0.15) is 0 Å². The van der Waals surface area contributed by atoms with Crippen molar-refractivity contribution in [3.8, 4) is 11.3 Å². The van der Waals surface area contributed by atoms with Crippen LogP contribution < -0.4 is 5.56 Å². The summed E-state index contributed by atoms with van der Waals surface area (Å²) in [5, 5.41) is 1.24. The Labute approximate surface area is 184 Å². The highest BCUT2D eigenvalue weighted by atomic mass is 16.1. The van der Waals surface area contributed by atoms with E-state index in [2.05, 4.69) is 71.7 Å². The van der Waals surface area contributed by atoms with Gasteiger partial charge in [0, 0.05) is 55.4 Å². The highest BCUT2D eigenvalue weighted by Gasteiger charge is 2.43. The Morgan fingerprint density at radius 3 is 2.71 bits per heavy atom. The van der Waals surface area contributed by atoms with Crippen molar-refractivity contribution >= 4 is 10.9 Å². The summed E-state index contributed by atoms with van der Waals surface area (Å²) in [6.45, 7) is 5.58. The molecule has 2 aromatic heterocycles. The molecule has 3 atom stereocenters. The number of aromatic nitrogens is 2. The zero-order chi connectivity index (χ0) is 21.7. The summed E-state index contributed by atoms with van der Waals surface area (Å²) in [7, 11) is 6.65. The van der Waals surface area contributed by atoms with Crippen LogP contribution in [0, 0.1) is 11.8 Å². The highest BCUT2D eigenvalue weighted by Crippen LogP contribution is 2.40. The summed E-state index contributed by atoms with van der Waals surface area (Å²) >= 11 is 0. The number of fused-ring (bicyclic) bond motifs is 2. The number of pyridine rings is 1. The third kappa shape index (κ3) is 3.64. The molecule has 5 heteroatoms. The van der Waals surface area contributed by atoms with Crippen LogP contribution >= 0.6 is 0 Å². The number of benzene rings is 1. The summed E-state index contributed by atoms with van der Waals surface area (Å²) in [6.07, 6.45) is 3.63. The van der Waals surface area contributed by atoms with Crippen LogP contribution in [0.4, 0.5) is 0 Å². The number of H-pyrrole nitrogens is 1. The standard InChI is InChI=1S/C26H34N4O/c1-5-17-8-11-25(31)27-26(17)18-6-9-23-20(12-18)13-21(29(23)4)15-30-14-19-7-10-24(28(2)3)22(19)16-30/h6,8-9,11-13,19,22,24H,5,7,10,14-16H2,1-4H3,(H,27,31)/t19-,22+,24-/m1/s1. The van der Waals surface area contributed by atoms with Crippen molar-refractivity contribution in [1.29, 1.82) is 0 Å². The van der Waals surface area contributed by atoms with Crippen LogP contribution in [0.25, 0.3) is 22.2 Å². The van der Waals surface area contributed by atoms with Crippen molar-refractivity contribution in [2.24, 2.45) is 18.9 Å². The van der Waals surface area contributed by atoms with Gasteiger partial charge in [-0.15, -0.1) is 0 Å². The molecule has 2 aliphatic rings. The molecule has 1 aliphatic heterocycles. The van der Waals surface area contributed by atoms with Crippen LogP contribution in [0.5, 0.6) is 0 Å². The second kappa shape index (κ2) is 7.95. The Morgan fingerprint density at radius 1 is 1.10 bits per heavy atom. The van der Waals surface area contributed by atoms with E-state index >= 15 is 0 Å². The third-order valence-electron chi connectivity index (χ3n) is 7.76. The Morgan fingerprint density at radius 2 is 1.94 bits per heavy atom. The Kier molecular flexibility index (Phi) is 5.27. The van der Waals surface area contributed by atoms with E-state index in [1.54, 1.807) is 6.07 Å². The number of nitrogens with one attached hydrogen (secondary N) is 1. The normalized spacial score (nSPS) is 23.8. The lowest BCUT2D eigenvalue weighted by atomic mass is 9.97. The number of aryl methyl sites for hydroxylation is 2. The molecule has 3 aromatic rings. The first-order valence-corrected chi connectivity index (χ1v) is 11.6. The van der Waals surface area contributed by atoms with Crippen LogP contribution in [0.1, 0.15) is 31.0 Å². The topological polar surface area (TPSA) is 44.3 Å². The van der Waals surface area contributed by atoms with Crippen molar-refractivity contribution in [3.05, 3.63) is 58.0 Å². The molecule has 0 unspecified atom stereocenters. The Bertz CT molecular complexity index is 1160. The lowest BCUT2D eigenvalue weighted by Gasteiger charge is -2.26. The SMILES string of the molecule is CCc1ccc(=O)[nH]c1-c1ccc2c(c1)cc(CN1C[C@H]3CC[C@@H](N(C)C)[C@H]3C1)n2C. The van der Waals surface area contributed by atoms with Gasteiger partial charge in [0.1, 0.15) is 0 Å². The van der Waals surface area contributed by atoms with Crippen molar-refractivity contribution < 1.29 is 0 Å². The monoisotopic (exact) mass is 418 g/mol. The van der Waals surface area contributed by atoms with E-state index in [0.29, 0.717) is 0 Å². The van der Waals surface area contributed by atoms with Crippen LogP contribution in [-0.4, -0.2) is 52.6 Å². The molecule has 0 spiro atoms. The van der Waals surface area contributed by atoms with Crippen molar-refractivity contribution in [3.63, 3.8) is 0 Å². The number of hydrogen-bond acceptors (Lipinski definition) is 3. The molecule has 0 radical (unpaired) electrons. The van der Waals surface area contributed by atoms with Gasteiger partial charge in [-0.25, -0.2) is 0 Å². The molecule has 0 amide bonds. The predicted molar refractivity (Wildman–Crippen MR) is 127 cm³/mol. The van der Waals surface area contributed by atoms with E-state index in [9.17, 15) is 4.79 Å². The van der Waals surface area contributed by atoms with E-state index in [4.69, 9.17) is 0 Å². The van der Waals surface area contributed by atoms with E-state index in [-0.39, 0.29) is 5.56 Å². The first kappa shape index (κ1) is 20.5. The largest absolute Gasteiger partial charge is 0.346 e. The van der Waals surface area contributed by atoms with Crippen LogP contribution in [0.2, 0.25) is 0 Å². The summed E-state index contributed by atoms with van der Waals surface area (Å²) in [6, 6.07) is 13.2. The summed E-state index contributed by atoms with van der Waals surface area (Å²) < 4.78 is 2.34. The summed E-state index contributed by atoms with van der Waals surface area (Å²) in [4.78, 5) is 20.1. The number of likely N-dealkylation sites (tertiary alicyclic amines) is 1. The van der Waals surface area contributed by atoms with Crippen molar-refractivity contribution in [1.82, 2.24) is 19.4 Å². The quantitative estimate of drug-likeness (QED) is 0.684. The van der Waals surface area contributed by atoms with Gasteiger partial charge in [0.2, 0.25) is 5.56 Å². The molecule has 1 aromatic carbocycles. The van der Waals surface area contributed by atoms with Crippen LogP contribution in [-0.2, 0) is 20.0 Å². The molecule has 1 saturated heterocycles. The Balaban J connectivity index is 1.41. The molecule has 164 valence electrons. The van der Waals surface area contributed by atoms with E-state index in [1.165, 1.54) is 48.1 Å². The second-order valence-electron chi connectivity index (χ2n) is 9.77. The van der Waals surface area contributed by atoms with Gasteiger partial charge < -0.3 is 14.5 Å². The molecular formula is C26H34N4O. The third-order valence-corrected chi connectivity index (χ3v) is 7.76. The van der Waals surface area contributed by atoms with Gasteiger partial charge in [-0.05, 0) is 74.5 Å². The molecule has 5 nitrogen and oxygen atoms in total. The fourth-order valence-electron chi connectivity index (χ4n) is 6.10. The van der Waals surface area contributed by atoms with E-state index in [1.807, 2.05) is 6.07 Å². The zero-order valence-corrected chi connectivity index (χ0v) is 19.2. The lowest BCUT2D eigenvalue weighted by Crippen LogP contribution is -2.34. The maximum Gasteiger partial charge on any atom is 0.248 e. The number of hydrogen-bond donors (Lipinski definition) is 1. The Hall–Kier alpha value is -2.37. The van der Waals surface area contributed by atoms with Crippen molar-refractivity contribution in [2.45, 2.75) is 38.8 Å². The summed E-state index contributed by atoms with van der Waals surface area (Å²) in [5.74, 6) is 1.68. The minimum atomic E-state index is -0.0448. The molecule has 2 fully saturated rings. The van der Waals surface area contributed by atoms with Gasteiger partial charge in [-0.3, -0.25) is 9.69 Å². The van der Waals surface area contributed by atoms with E-state index < -0.39 is 0 Å². The number of aromatic amines is 1.